The Kier molecular flexibility index (Phi) is 4.75. The highest BCUT2D eigenvalue weighted by atomic mass is 32.2. The van der Waals surface area contributed by atoms with Gasteiger partial charge in [-0.3, -0.25) is 14.7 Å². The number of rotatable bonds is 5. The minimum atomic E-state index is -0.285. The first-order chi connectivity index (χ1) is 15.1. The van der Waals surface area contributed by atoms with Crippen LogP contribution in [0.1, 0.15) is 0 Å². The number of hydrogen-bond donors (Lipinski definition) is 2. The van der Waals surface area contributed by atoms with Gasteiger partial charge in [0.1, 0.15) is 11.3 Å². The minimum absolute atomic E-state index is 0.0790. The fourth-order valence-electron chi connectivity index (χ4n) is 3.40. The Morgan fingerprint density at radius 2 is 1.87 bits per heavy atom. The maximum atomic E-state index is 12.4. The van der Waals surface area contributed by atoms with Crippen molar-refractivity contribution in [3.8, 4) is 5.69 Å². The Labute approximate surface area is 180 Å². The van der Waals surface area contributed by atoms with Crippen LogP contribution in [0.2, 0.25) is 0 Å². The van der Waals surface area contributed by atoms with Crippen molar-refractivity contribution in [1.29, 1.82) is 0 Å². The van der Waals surface area contributed by atoms with E-state index < -0.39 is 0 Å². The van der Waals surface area contributed by atoms with Gasteiger partial charge in [0.15, 0.2) is 5.65 Å². The Morgan fingerprint density at radius 1 is 1.10 bits per heavy atom. The van der Waals surface area contributed by atoms with Gasteiger partial charge in [0, 0.05) is 18.5 Å². The standard InChI is InChI=1S/C21H17N7O2S/c1-27-15-10-6-5-9-14(15)19-20(27)23-21(25-24-19)31-12-17(29)22-16-11-18(30)28(26-16)13-7-3-2-4-8-13/h2-11,26H,12H2,1H3,(H,22,29). The van der Waals surface area contributed by atoms with Crippen LogP contribution in [-0.2, 0) is 11.8 Å². The molecule has 2 N–H and O–H groups in total. The van der Waals surface area contributed by atoms with E-state index >= 15 is 0 Å². The van der Waals surface area contributed by atoms with Crippen molar-refractivity contribution in [2.45, 2.75) is 5.16 Å². The largest absolute Gasteiger partial charge is 0.327 e. The Hall–Kier alpha value is -3.92. The van der Waals surface area contributed by atoms with Crippen LogP contribution in [-0.4, -0.2) is 41.2 Å². The number of amides is 1. The summed E-state index contributed by atoms with van der Waals surface area (Å²) in [6, 6.07) is 18.4. The van der Waals surface area contributed by atoms with Crippen molar-refractivity contribution >= 4 is 45.6 Å². The molecular formula is C21H17N7O2S. The lowest BCUT2D eigenvalue weighted by atomic mass is 10.2. The smallest absolute Gasteiger partial charge is 0.273 e. The molecule has 0 aliphatic carbocycles. The van der Waals surface area contributed by atoms with E-state index in [4.69, 9.17) is 0 Å². The van der Waals surface area contributed by atoms with Gasteiger partial charge < -0.3 is 9.88 Å². The number of aromatic nitrogens is 6. The van der Waals surface area contributed by atoms with Gasteiger partial charge in [-0.1, -0.05) is 48.2 Å². The van der Waals surface area contributed by atoms with E-state index in [-0.39, 0.29) is 17.2 Å². The van der Waals surface area contributed by atoms with Gasteiger partial charge in [-0.25, -0.2) is 9.67 Å². The van der Waals surface area contributed by atoms with Gasteiger partial charge in [-0.05, 0) is 18.2 Å². The molecule has 0 radical (unpaired) electrons. The first kappa shape index (κ1) is 19.1. The van der Waals surface area contributed by atoms with Crippen LogP contribution >= 0.6 is 11.8 Å². The molecule has 0 bridgehead atoms. The lowest BCUT2D eigenvalue weighted by Crippen LogP contribution is -2.15. The third-order valence-corrected chi connectivity index (χ3v) is 5.67. The van der Waals surface area contributed by atoms with Gasteiger partial charge in [0.05, 0.1) is 17.0 Å². The maximum absolute atomic E-state index is 12.4. The second-order valence-corrected chi connectivity index (χ2v) is 7.80. The normalized spacial score (nSPS) is 11.3. The van der Waals surface area contributed by atoms with E-state index in [9.17, 15) is 9.59 Å². The first-order valence-electron chi connectivity index (χ1n) is 9.48. The SMILES string of the molecule is Cn1c2ccccc2c2nnc(SCC(=O)Nc3cc(=O)n(-c4ccccc4)[nH]3)nc21. The van der Waals surface area contributed by atoms with Crippen LogP contribution in [0, 0.1) is 0 Å². The van der Waals surface area contributed by atoms with Crippen molar-refractivity contribution in [2.24, 2.45) is 7.05 Å². The number of aryl methyl sites for hydroxylation is 1. The Bertz CT molecular complexity index is 1470. The second kappa shape index (κ2) is 7.73. The zero-order chi connectivity index (χ0) is 21.4. The molecule has 3 aromatic heterocycles. The number of nitrogens with zero attached hydrogens (tertiary/aromatic N) is 5. The number of fused-ring (bicyclic) bond motifs is 3. The molecule has 1 amide bonds. The van der Waals surface area contributed by atoms with E-state index in [0.717, 1.165) is 16.4 Å². The summed E-state index contributed by atoms with van der Waals surface area (Å²) in [7, 11) is 1.92. The van der Waals surface area contributed by atoms with Crippen molar-refractivity contribution in [2.75, 3.05) is 11.1 Å². The average Bonchev–Trinajstić information content (AvgIpc) is 3.30. The summed E-state index contributed by atoms with van der Waals surface area (Å²) in [5, 5.41) is 15.4. The topological polar surface area (TPSA) is 110 Å². The quantitative estimate of drug-likeness (QED) is 0.414. The fourth-order valence-corrected chi connectivity index (χ4v) is 3.98. The highest BCUT2D eigenvalue weighted by Crippen LogP contribution is 2.25. The van der Waals surface area contributed by atoms with Crippen LogP contribution in [0.15, 0.2) is 70.6 Å². The minimum Gasteiger partial charge on any atom is -0.327 e. The van der Waals surface area contributed by atoms with Gasteiger partial charge in [0.25, 0.3) is 5.56 Å². The molecule has 31 heavy (non-hydrogen) atoms. The summed E-state index contributed by atoms with van der Waals surface area (Å²) in [6.07, 6.45) is 0. The summed E-state index contributed by atoms with van der Waals surface area (Å²) in [5.41, 5.74) is 2.88. The molecule has 0 aliphatic heterocycles. The fraction of sp³-hybridized carbons (Fsp3) is 0.0952. The lowest BCUT2D eigenvalue weighted by molar-refractivity contribution is -0.113. The van der Waals surface area contributed by atoms with E-state index in [1.54, 1.807) is 12.1 Å². The van der Waals surface area contributed by atoms with E-state index in [0.29, 0.717) is 22.3 Å². The second-order valence-electron chi connectivity index (χ2n) is 6.86. The summed E-state index contributed by atoms with van der Waals surface area (Å²) in [4.78, 5) is 29.1. The molecule has 0 saturated heterocycles. The highest BCUT2D eigenvalue weighted by Gasteiger charge is 2.14. The number of aromatic amines is 1. The highest BCUT2D eigenvalue weighted by molar-refractivity contribution is 7.99. The average molecular weight is 431 g/mol. The van der Waals surface area contributed by atoms with Crippen LogP contribution in [0.3, 0.4) is 0 Å². The van der Waals surface area contributed by atoms with E-state index in [2.05, 4.69) is 25.6 Å². The number of hydrogen-bond acceptors (Lipinski definition) is 6. The number of anilines is 1. The lowest BCUT2D eigenvalue weighted by Gasteiger charge is -2.04. The van der Waals surface area contributed by atoms with Crippen LogP contribution in [0.25, 0.3) is 27.8 Å². The third-order valence-electron chi connectivity index (χ3n) is 4.83. The molecule has 9 nitrogen and oxygen atoms in total. The molecule has 0 aliphatic rings. The number of carbonyl (C=O) groups excluding carboxylic acids is 1. The van der Waals surface area contributed by atoms with E-state index in [1.165, 1.54) is 22.5 Å². The molecule has 0 spiro atoms. The van der Waals surface area contributed by atoms with Crippen molar-refractivity contribution < 1.29 is 4.79 Å². The summed E-state index contributed by atoms with van der Waals surface area (Å²) in [6.45, 7) is 0. The zero-order valence-corrected chi connectivity index (χ0v) is 17.3. The molecule has 0 fully saturated rings. The molecule has 10 heteroatoms. The Balaban J connectivity index is 1.30. The molecule has 0 atom stereocenters. The van der Waals surface area contributed by atoms with Gasteiger partial charge in [0.2, 0.25) is 11.1 Å². The predicted octanol–water partition coefficient (Wildman–Crippen LogP) is 2.73. The summed E-state index contributed by atoms with van der Waals surface area (Å²) in [5.74, 6) is 0.116. The predicted molar refractivity (Wildman–Crippen MR) is 120 cm³/mol. The van der Waals surface area contributed by atoms with Crippen molar-refractivity contribution in [1.82, 2.24) is 29.5 Å². The van der Waals surface area contributed by atoms with Crippen molar-refractivity contribution in [3.63, 3.8) is 0 Å². The Morgan fingerprint density at radius 3 is 2.71 bits per heavy atom. The molecule has 2 aromatic carbocycles. The van der Waals surface area contributed by atoms with E-state index in [1.807, 2.05) is 54.1 Å². The number of para-hydroxylation sites is 2. The van der Waals surface area contributed by atoms with Crippen LogP contribution < -0.4 is 10.9 Å². The summed E-state index contributed by atoms with van der Waals surface area (Å²) >= 11 is 1.18. The molecule has 0 unspecified atom stereocenters. The first-order valence-corrected chi connectivity index (χ1v) is 10.5. The number of thioether (sulfide) groups is 1. The number of benzene rings is 2. The van der Waals surface area contributed by atoms with Gasteiger partial charge >= 0.3 is 0 Å². The molecule has 5 aromatic rings. The summed E-state index contributed by atoms with van der Waals surface area (Å²) < 4.78 is 3.32. The van der Waals surface area contributed by atoms with Crippen LogP contribution in [0.5, 0.6) is 0 Å². The number of H-pyrrole nitrogens is 1. The monoisotopic (exact) mass is 431 g/mol. The third kappa shape index (κ3) is 3.57. The molecule has 0 saturated carbocycles. The van der Waals surface area contributed by atoms with Crippen LogP contribution in [0.4, 0.5) is 5.82 Å². The number of carbonyl (C=O) groups is 1. The zero-order valence-electron chi connectivity index (χ0n) is 16.4. The molecule has 3 heterocycles. The van der Waals surface area contributed by atoms with Gasteiger partial charge in [-0.15, -0.1) is 10.2 Å². The number of nitrogens with one attached hydrogen (secondary N) is 2. The molecular weight excluding hydrogens is 414 g/mol. The van der Waals surface area contributed by atoms with Gasteiger partial charge in [-0.2, -0.15) is 0 Å². The maximum Gasteiger partial charge on any atom is 0.273 e. The molecule has 5 rings (SSSR count). The molecule has 154 valence electrons. The van der Waals surface area contributed by atoms with Crippen molar-refractivity contribution in [3.05, 3.63) is 71.0 Å².